The number of nitrogens with one attached hydrogen (secondary N) is 1. The Kier molecular flexibility index (Phi) is 14.8. The van der Waals surface area contributed by atoms with Crippen LogP contribution in [0.4, 0.5) is 19.0 Å². The molecule has 0 aliphatic heterocycles. The van der Waals surface area contributed by atoms with Gasteiger partial charge in [0.25, 0.3) is 5.56 Å². The number of aliphatic imine (C=N–C) groups is 1. The zero-order valence-electron chi connectivity index (χ0n) is 24.8. The summed E-state index contributed by atoms with van der Waals surface area (Å²) in [6.07, 6.45) is -0.967. The molecule has 0 saturated carbocycles. The zero-order chi connectivity index (χ0) is 32.0. The van der Waals surface area contributed by atoms with E-state index >= 15 is 0 Å². The molecule has 0 bridgehead atoms. The molecule has 12 heteroatoms. The lowest BCUT2D eigenvalue weighted by Gasteiger charge is -2.23. The van der Waals surface area contributed by atoms with E-state index in [0.717, 1.165) is 16.8 Å². The van der Waals surface area contributed by atoms with Crippen LogP contribution in [0.3, 0.4) is 0 Å². The van der Waals surface area contributed by atoms with E-state index in [1.165, 1.54) is 10.8 Å². The average molecular weight is 607 g/mol. The van der Waals surface area contributed by atoms with E-state index in [-0.39, 0.29) is 12.0 Å². The molecule has 3 aromatic rings. The van der Waals surface area contributed by atoms with Crippen molar-refractivity contribution in [2.24, 2.45) is 12.0 Å². The van der Waals surface area contributed by atoms with E-state index < -0.39 is 12.2 Å². The van der Waals surface area contributed by atoms with E-state index in [1.54, 1.807) is 56.5 Å². The molecule has 1 N–H and O–H groups in total. The minimum Gasteiger partial charge on any atom is -0.307 e. The molecule has 0 amide bonds. The van der Waals surface area contributed by atoms with Crippen LogP contribution in [0.5, 0.6) is 0 Å². The number of alkyl halides is 3. The van der Waals surface area contributed by atoms with Crippen molar-refractivity contribution in [3.05, 3.63) is 75.3 Å². The summed E-state index contributed by atoms with van der Waals surface area (Å²) in [5.41, 5.74) is 7.03. The topological polar surface area (TPSA) is 92.5 Å². The van der Waals surface area contributed by atoms with Crippen LogP contribution in [-0.4, -0.2) is 59.1 Å². The molecule has 0 fully saturated rings. The van der Waals surface area contributed by atoms with Gasteiger partial charge in [0.15, 0.2) is 5.82 Å². The fraction of sp³-hybridized carbons (Fsp3) is 0.367. The number of hydrazine groups is 1. The molecule has 0 saturated heterocycles. The van der Waals surface area contributed by atoms with E-state index in [0.29, 0.717) is 40.5 Å². The standard InChI is InChI=1S/C27H30ClF3N6O.C2H6.CH2O/c1-17(6-11-22(32-3)27(29,30)31)13-15-36(4)34-25-23(20-12-14-33-18(2)16-20)24(26(38)37(5)35-25)19-7-9-21(28)10-8-19;2*1-2/h6-10,12,14,16,22H,3,11,13,15H2,1-2,4-5H3,(H,34,35);1-2H3;1H2/b17-6+;;. The Balaban J connectivity index is 0.00000211. The van der Waals surface area contributed by atoms with Crippen LogP contribution in [0, 0.1) is 6.92 Å². The SMILES string of the molecule is C=NC(C/C=C(\C)CCN(C)Nc1nn(C)c(=O)c(-c2ccc(Cl)cc2)c1-c1ccnc(C)c1)C(F)(F)F.C=O.CC. The highest BCUT2D eigenvalue weighted by Gasteiger charge is 2.37. The molecular formula is C30H38ClF3N6O2. The molecule has 2 aromatic heterocycles. The third kappa shape index (κ3) is 10.2. The summed E-state index contributed by atoms with van der Waals surface area (Å²) in [7, 11) is 3.37. The number of hydrogen-bond donors (Lipinski definition) is 1. The maximum atomic E-state index is 13.3. The first-order valence-electron chi connectivity index (χ1n) is 13.2. The first-order valence-corrected chi connectivity index (χ1v) is 13.5. The van der Waals surface area contributed by atoms with Crippen molar-refractivity contribution in [3.8, 4) is 22.3 Å². The van der Waals surface area contributed by atoms with Gasteiger partial charge in [0, 0.05) is 43.1 Å². The maximum absolute atomic E-state index is 13.3. The molecule has 42 heavy (non-hydrogen) atoms. The quantitative estimate of drug-likeness (QED) is 0.153. The average Bonchev–Trinajstić information content (AvgIpc) is 2.96. The van der Waals surface area contributed by atoms with Crippen LogP contribution in [0.15, 0.2) is 64.0 Å². The number of pyridine rings is 1. The van der Waals surface area contributed by atoms with Crippen molar-refractivity contribution < 1.29 is 18.0 Å². The zero-order valence-corrected chi connectivity index (χ0v) is 25.6. The summed E-state index contributed by atoms with van der Waals surface area (Å²) >= 11 is 6.09. The molecule has 8 nitrogen and oxygen atoms in total. The molecule has 2 heterocycles. The second-order valence-corrected chi connectivity index (χ2v) is 9.47. The van der Waals surface area contributed by atoms with Crippen LogP contribution >= 0.6 is 11.6 Å². The summed E-state index contributed by atoms with van der Waals surface area (Å²) in [5.74, 6) is 0.444. The Bertz CT molecular complexity index is 1390. The van der Waals surface area contributed by atoms with Gasteiger partial charge in [0.05, 0.1) is 5.56 Å². The van der Waals surface area contributed by atoms with Crippen LogP contribution in [-0.2, 0) is 11.8 Å². The summed E-state index contributed by atoms with van der Waals surface area (Å²) in [6.45, 7) is 13.2. The molecule has 0 spiro atoms. The van der Waals surface area contributed by atoms with Crippen LogP contribution in [0.1, 0.15) is 39.3 Å². The van der Waals surface area contributed by atoms with Gasteiger partial charge in [-0.3, -0.25) is 14.8 Å². The van der Waals surface area contributed by atoms with Crippen molar-refractivity contribution in [2.45, 2.75) is 52.8 Å². The van der Waals surface area contributed by atoms with Crippen molar-refractivity contribution in [1.29, 1.82) is 0 Å². The molecule has 0 aliphatic carbocycles. The molecule has 3 rings (SSSR count). The molecule has 1 aromatic carbocycles. The fourth-order valence-electron chi connectivity index (χ4n) is 3.88. The lowest BCUT2D eigenvalue weighted by atomic mass is 9.96. The third-order valence-electron chi connectivity index (χ3n) is 5.99. The molecule has 1 atom stereocenters. The van der Waals surface area contributed by atoms with E-state index in [9.17, 15) is 18.0 Å². The Morgan fingerprint density at radius 3 is 2.33 bits per heavy atom. The highest BCUT2D eigenvalue weighted by Crippen LogP contribution is 2.35. The van der Waals surface area contributed by atoms with Crippen LogP contribution in [0.25, 0.3) is 22.3 Å². The van der Waals surface area contributed by atoms with Crippen LogP contribution in [0.2, 0.25) is 5.02 Å². The van der Waals surface area contributed by atoms with Gasteiger partial charge < -0.3 is 10.2 Å². The van der Waals surface area contributed by atoms with Gasteiger partial charge in [0.1, 0.15) is 12.8 Å². The number of rotatable bonds is 10. The van der Waals surface area contributed by atoms with Crippen molar-refractivity contribution in [3.63, 3.8) is 0 Å². The lowest BCUT2D eigenvalue weighted by Crippen LogP contribution is -2.31. The van der Waals surface area contributed by atoms with E-state index in [4.69, 9.17) is 16.4 Å². The number of benzene rings is 1. The van der Waals surface area contributed by atoms with Crippen molar-refractivity contribution in [2.75, 3.05) is 19.0 Å². The smallest absolute Gasteiger partial charge is 0.307 e. The maximum Gasteiger partial charge on any atom is 0.411 e. The number of hydrogen-bond acceptors (Lipinski definition) is 7. The molecule has 0 aliphatic rings. The van der Waals surface area contributed by atoms with E-state index in [2.05, 4.69) is 27.2 Å². The second kappa shape index (κ2) is 17.2. The van der Waals surface area contributed by atoms with Gasteiger partial charge in [-0.1, -0.05) is 49.2 Å². The molecule has 228 valence electrons. The normalized spacial score (nSPS) is 12.0. The molecule has 1 unspecified atom stereocenters. The first-order chi connectivity index (χ1) is 19.9. The Morgan fingerprint density at radius 1 is 1.17 bits per heavy atom. The van der Waals surface area contributed by atoms with E-state index in [1.807, 2.05) is 39.7 Å². The first kappa shape index (κ1) is 36.2. The number of nitrogens with zero attached hydrogens (tertiary/aromatic N) is 5. The van der Waals surface area contributed by atoms with Gasteiger partial charge in [-0.25, -0.2) is 9.69 Å². The minimum absolute atomic E-state index is 0.256. The fourth-order valence-corrected chi connectivity index (χ4v) is 4.01. The largest absolute Gasteiger partial charge is 0.411 e. The summed E-state index contributed by atoms with van der Waals surface area (Å²) in [4.78, 5) is 28.8. The Morgan fingerprint density at radius 2 is 1.79 bits per heavy atom. The third-order valence-corrected chi connectivity index (χ3v) is 6.24. The number of carbonyl (C=O) groups excluding carboxylic acids is 1. The number of halogens is 4. The second-order valence-electron chi connectivity index (χ2n) is 9.03. The summed E-state index contributed by atoms with van der Waals surface area (Å²) < 4.78 is 40.1. The molecule has 0 radical (unpaired) electrons. The van der Waals surface area contributed by atoms with Gasteiger partial charge in [-0.15, -0.1) is 0 Å². The van der Waals surface area contributed by atoms with Gasteiger partial charge in [-0.05, 0) is 68.8 Å². The predicted molar refractivity (Wildman–Crippen MR) is 165 cm³/mol. The summed E-state index contributed by atoms with van der Waals surface area (Å²) in [6, 6.07) is 8.87. The number of aromatic nitrogens is 3. The molecular weight excluding hydrogens is 569 g/mol. The summed E-state index contributed by atoms with van der Waals surface area (Å²) in [5, 5.41) is 6.82. The Hall–Kier alpha value is -3.83. The Labute approximate surface area is 249 Å². The monoisotopic (exact) mass is 606 g/mol. The van der Waals surface area contributed by atoms with Gasteiger partial charge >= 0.3 is 6.18 Å². The number of anilines is 1. The number of carbonyl (C=O) groups is 1. The lowest BCUT2D eigenvalue weighted by molar-refractivity contribution is -0.145. The van der Waals surface area contributed by atoms with Crippen molar-refractivity contribution >= 4 is 30.9 Å². The predicted octanol–water partition coefficient (Wildman–Crippen LogP) is 6.93. The minimum atomic E-state index is -4.42. The van der Waals surface area contributed by atoms with Gasteiger partial charge in [0.2, 0.25) is 0 Å². The number of aryl methyl sites for hydroxylation is 2. The van der Waals surface area contributed by atoms with Crippen LogP contribution < -0.4 is 11.0 Å². The van der Waals surface area contributed by atoms with Gasteiger partial charge in [-0.2, -0.15) is 18.3 Å². The highest BCUT2D eigenvalue weighted by atomic mass is 35.5. The van der Waals surface area contributed by atoms with Crippen molar-refractivity contribution in [1.82, 2.24) is 19.8 Å². The highest BCUT2D eigenvalue weighted by molar-refractivity contribution is 6.30.